The van der Waals surface area contributed by atoms with E-state index in [0.29, 0.717) is 23.0 Å². The summed E-state index contributed by atoms with van der Waals surface area (Å²) in [5.74, 6) is 0.844. The molecule has 28 heavy (non-hydrogen) atoms. The fourth-order valence-corrected chi connectivity index (χ4v) is 3.13. The Labute approximate surface area is 162 Å². The van der Waals surface area contributed by atoms with Gasteiger partial charge in [-0.2, -0.15) is 15.3 Å². The van der Waals surface area contributed by atoms with E-state index in [0.717, 1.165) is 31.9 Å². The minimum absolute atomic E-state index is 0.232. The number of nitrogens with zero attached hydrogens (tertiary/aromatic N) is 6. The summed E-state index contributed by atoms with van der Waals surface area (Å²) < 4.78 is 13.1. The Kier molecular flexibility index (Phi) is 4.97. The predicted octanol–water partition coefficient (Wildman–Crippen LogP) is 2.95. The standard InChI is InChI=1S/C20H18FN7/c21-16-5-7-17(8-6-16)27-9-11-28(12-10-27)20-25-19(14-23-26-20)24-18-4-2-1-3-15(18)13-22/h1-8,14H,9-12H2,(H,24,25,26). The van der Waals surface area contributed by atoms with E-state index in [2.05, 4.69) is 36.4 Å². The Hall–Kier alpha value is -3.73. The van der Waals surface area contributed by atoms with E-state index in [4.69, 9.17) is 0 Å². The highest BCUT2D eigenvalue weighted by Crippen LogP contribution is 2.21. The number of hydrogen-bond acceptors (Lipinski definition) is 7. The van der Waals surface area contributed by atoms with Crippen LogP contribution in [-0.2, 0) is 0 Å². The van der Waals surface area contributed by atoms with Gasteiger partial charge >= 0.3 is 0 Å². The molecule has 1 aliphatic rings. The van der Waals surface area contributed by atoms with Crippen molar-refractivity contribution in [1.82, 2.24) is 15.2 Å². The Morgan fingerprint density at radius 3 is 2.43 bits per heavy atom. The molecule has 0 amide bonds. The first kappa shape index (κ1) is 17.7. The second kappa shape index (κ2) is 7.88. The second-order valence-corrected chi connectivity index (χ2v) is 6.37. The van der Waals surface area contributed by atoms with Gasteiger partial charge in [-0.3, -0.25) is 0 Å². The number of para-hydroxylation sites is 1. The molecule has 0 aliphatic carbocycles. The van der Waals surface area contributed by atoms with Crippen molar-refractivity contribution < 1.29 is 4.39 Å². The molecule has 0 unspecified atom stereocenters. The highest BCUT2D eigenvalue weighted by Gasteiger charge is 2.20. The normalized spacial score (nSPS) is 13.9. The lowest BCUT2D eigenvalue weighted by molar-refractivity contribution is 0.622. The van der Waals surface area contributed by atoms with E-state index in [1.807, 2.05) is 18.2 Å². The molecule has 7 nitrogen and oxygen atoms in total. The maximum Gasteiger partial charge on any atom is 0.247 e. The van der Waals surface area contributed by atoms with Gasteiger partial charge < -0.3 is 15.1 Å². The molecule has 1 aliphatic heterocycles. The topological polar surface area (TPSA) is 81.0 Å². The number of anilines is 4. The third-order valence-corrected chi connectivity index (χ3v) is 4.61. The van der Waals surface area contributed by atoms with Crippen LogP contribution in [0.1, 0.15) is 5.56 Å². The lowest BCUT2D eigenvalue weighted by Gasteiger charge is -2.35. The molecule has 0 saturated carbocycles. The highest BCUT2D eigenvalue weighted by atomic mass is 19.1. The average Bonchev–Trinajstić information content (AvgIpc) is 2.75. The SMILES string of the molecule is N#Cc1ccccc1Nc1cnnc(N2CCN(c3ccc(F)cc3)CC2)n1. The summed E-state index contributed by atoms with van der Waals surface area (Å²) in [7, 11) is 0. The molecule has 0 spiro atoms. The van der Waals surface area contributed by atoms with Crippen molar-refractivity contribution in [2.24, 2.45) is 0 Å². The Balaban J connectivity index is 1.44. The molecule has 0 bridgehead atoms. The van der Waals surface area contributed by atoms with Gasteiger partial charge in [-0.1, -0.05) is 12.1 Å². The number of aromatic nitrogens is 3. The van der Waals surface area contributed by atoms with Crippen molar-refractivity contribution in [3.05, 3.63) is 66.1 Å². The first-order valence-corrected chi connectivity index (χ1v) is 8.94. The van der Waals surface area contributed by atoms with E-state index in [9.17, 15) is 9.65 Å². The molecule has 3 aromatic rings. The van der Waals surface area contributed by atoms with Crippen molar-refractivity contribution >= 4 is 23.1 Å². The maximum atomic E-state index is 13.1. The minimum Gasteiger partial charge on any atom is -0.368 e. The van der Waals surface area contributed by atoms with E-state index in [-0.39, 0.29) is 5.82 Å². The Bertz CT molecular complexity index is 992. The number of halogens is 1. The van der Waals surface area contributed by atoms with Crippen molar-refractivity contribution in [2.45, 2.75) is 0 Å². The van der Waals surface area contributed by atoms with Gasteiger partial charge in [0.25, 0.3) is 0 Å². The summed E-state index contributed by atoms with van der Waals surface area (Å²) in [4.78, 5) is 8.81. The summed E-state index contributed by atoms with van der Waals surface area (Å²) in [6, 6.07) is 15.9. The third-order valence-electron chi connectivity index (χ3n) is 4.61. The van der Waals surface area contributed by atoms with Crippen LogP contribution in [0.5, 0.6) is 0 Å². The Morgan fingerprint density at radius 1 is 0.964 bits per heavy atom. The maximum absolute atomic E-state index is 13.1. The number of piperazine rings is 1. The number of nitrogens with one attached hydrogen (secondary N) is 1. The molecule has 2 heterocycles. The van der Waals surface area contributed by atoms with Crippen LogP contribution in [0.4, 0.5) is 27.5 Å². The molecule has 4 rings (SSSR count). The number of rotatable bonds is 4. The highest BCUT2D eigenvalue weighted by molar-refractivity contribution is 5.64. The predicted molar refractivity (Wildman–Crippen MR) is 105 cm³/mol. The van der Waals surface area contributed by atoms with Crippen LogP contribution in [0.2, 0.25) is 0 Å². The molecule has 1 aromatic heterocycles. The molecular weight excluding hydrogens is 357 g/mol. The summed E-state index contributed by atoms with van der Waals surface area (Å²) in [5.41, 5.74) is 2.22. The van der Waals surface area contributed by atoms with Gasteiger partial charge in [0, 0.05) is 31.9 Å². The first-order chi connectivity index (χ1) is 13.7. The van der Waals surface area contributed by atoms with Crippen molar-refractivity contribution in [1.29, 1.82) is 5.26 Å². The largest absolute Gasteiger partial charge is 0.368 e. The molecule has 0 radical (unpaired) electrons. The van der Waals surface area contributed by atoms with Gasteiger partial charge in [-0.05, 0) is 36.4 Å². The van der Waals surface area contributed by atoms with Gasteiger partial charge in [0.1, 0.15) is 11.9 Å². The van der Waals surface area contributed by atoms with Gasteiger partial charge in [0.05, 0.1) is 17.4 Å². The van der Waals surface area contributed by atoms with E-state index in [1.54, 1.807) is 18.2 Å². The number of hydrogen-bond donors (Lipinski definition) is 1. The van der Waals surface area contributed by atoms with Crippen molar-refractivity contribution in [2.75, 3.05) is 41.3 Å². The summed E-state index contributed by atoms with van der Waals surface area (Å²) >= 11 is 0. The molecule has 1 N–H and O–H groups in total. The average molecular weight is 375 g/mol. The van der Waals surface area contributed by atoms with Gasteiger partial charge in [-0.15, -0.1) is 5.10 Å². The van der Waals surface area contributed by atoms with Crippen LogP contribution in [0, 0.1) is 17.1 Å². The summed E-state index contributed by atoms with van der Waals surface area (Å²) in [6.45, 7) is 3.03. The number of benzene rings is 2. The van der Waals surface area contributed by atoms with Crippen LogP contribution in [-0.4, -0.2) is 41.4 Å². The van der Waals surface area contributed by atoms with Crippen molar-refractivity contribution in [3.63, 3.8) is 0 Å². The Morgan fingerprint density at radius 2 is 1.68 bits per heavy atom. The van der Waals surface area contributed by atoms with Crippen LogP contribution < -0.4 is 15.1 Å². The second-order valence-electron chi connectivity index (χ2n) is 6.37. The zero-order chi connectivity index (χ0) is 19.3. The molecule has 1 saturated heterocycles. The monoisotopic (exact) mass is 375 g/mol. The van der Waals surface area contributed by atoms with Gasteiger partial charge in [-0.25, -0.2) is 4.39 Å². The van der Waals surface area contributed by atoms with Crippen molar-refractivity contribution in [3.8, 4) is 6.07 Å². The van der Waals surface area contributed by atoms with Gasteiger partial charge in [0.2, 0.25) is 5.95 Å². The van der Waals surface area contributed by atoms with E-state index in [1.165, 1.54) is 18.3 Å². The van der Waals surface area contributed by atoms with Gasteiger partial charge in [0.15, 0.2) is 5.82 Å². The van der Waals surface area contributed by atoms with E-state index >= 15 is 0 Å². The fraction of sp³-hybridized carbons (Fsp3) is 0.200. The lowest BCUT2D eigenvalue weighted by Crippen LogP contribution is -2.47. The van der Waals surface area contributed by atoms with Crippen LogP contribution >= 0.6 is 0 Å². The lowest BCUT2D eigenvalue weighted by atomic mass is 10.2. The fourth-order valence-electron chi connectivity index (χ4n) is 3.13. The summed E-state index contributed by atoms with van der Waals surface area (Å²) in [5, 5.41) is 20.5. The van der Waals surface area contributed by atoms with E-state index < -0.39 is 0 Å². The van der Waals surface area contributed by atoms with Crippen LogP contribution in [0.3, 0.4) is 0 Å². The molecule has 140 valence electrons. The molecule has 8 heteroatoms. The zero-order valence-corrected chi connectivity index (χ0v) is 15.1. The number of nitriles is 1. The first-order valence-electron chi connectivity index (χ1n) is 8.94. The molecule has 0 atom stereocenters. The molecular formula is C20H18FN7. The summed E-state index contributed by atoms with van der Waals surface area (Å²) in [6.07, 6.45) is 1.53. The van der Waals surface area contributed by atoms with Crippen LogP contribution in [0.25, 0.3) is 0 Å². The van der Waals surface area contributed by atoms with Crippen LogP contribution in [0.15, 0.2) is 54.7 Å². The molecule has 1 fully saturated rings. The third kappa shape index (κ3) is 3.83. The molecule has 2 aromatic carbocycles. The minimum atomic E-state index is -0.232. The quantitative estimate of drug-likeness (QED) is 0.751. The zero-order valence-electron chi connectivity index (χ0n) is 15.1. The smallest absolute Gasteiger partial charge is 0.247 e.